The smallest absolute Gasteiger partial charge is 0.303 e. The zero-order valence-electron chi connectivity index (χ0n) is 15.9. The largest absolute Gasteiger partial charge is 0.481 e. The quantitative estimate of drug-likeness (QED) is 0.216. The summed E-state index contributed by atoms with van der Waals surface area (Å²) in [5, 5.41) is 8.60. The molecule has 0 unspecified atom stereocenters. The van der Waals surface area contributed by atoms with E-state index in [2.05, 4.69) is 15.9 Å². The number of aliphatic carboxylic acids is 1. The monoisotopic (exact) mass is 483 g/mol. The maximum Gasteiger partial charge on any atom is 0.303 e. The Morgan fingerprint density at radius 1 is 1.11 bits per heavy atom. The third-order valence-corrected chi connectivity index (χ3v) is 6.41. The molecule has 1 amide bonds. The Balaban J connectivity index is 1.64. The summed E-state index contributed by atoms with van der Waals surface area (Å²) in [6.45, 7) is 0.680. The Kier molecular flexibility index (Phi) is 10.2. The molecule has 2 rings (SSSR count). The summed E-state index contributed by atoms with van der Waals surface area (Å²) in [5.41, 5.74) is 0.984. The maximum atomic E-state index is 12.6. The van der Waals surface area contributed by atoms with Gasteiger partial charge < -0.3 is 5.11 Å². The van der Waals surface area contributed by atoms with E-state index < -0.39 is 5.97 Å². The first-order valence-electron chi connectivity index (χ1n) is 9.70. The van der Waals surface area contributed by atoms with Gasteiger partial charge in [0.2, 0.25) is 0 Å². The van der Waals surface area contributed by atoms with E-state index >= 15 is 0 Å². The number of hydrogen-bond acceptors (Lipinski definition) is 4. The van der Waals surface area contributed by atoms with Crippen LogP contribution in [0.4, 0.5) is 0 Å². The highest BCUT2D eigenvalue weighted by atomic mass is 79.9. The molecule has 1 aromatic rings. The van der Waals surface area contributed by atoms with Crippen molar-refractivity contribution in [3.63, 3.8) is 0 Å². The van der Waals surface area contributed by atoms with Crippen molar-refractivity contribution < 1.29 is 14.7 Å². The predicted octanol–water partition coefficient (Wildman–Crippen LogP) is 6.25. The number of carbonyl (C=O) groups excluding carboxylic acids is 1. The average molecular weight is 484 g/mol. The van der Waals surface area contributed by atoms with Crippen LogP contribution in [-0.2, 0) is 9.59 Å². The van der Waals surface area contributed by atoms with Crippen molar-refractivity contribution in [2.45, 2.75) is 57.8 Å². The van der Waals surface area contributed by atoms with Crippen LogP contribution in [0.1, 0.15) is 63.4 Å². The van der Waals surface area contributed by atoms with Gasteiger partial charge >= 0.3 is 5.97 Å². The molecule has 1 fully saturated rings. The average Bonchev–Trinajstić information content (AvgIpc) is 2.90. The lowest BCUT2D eigenvalue weighted by Gasteiger charge is -2.14. The van der Waals surface area contributed by atoms with Gasteiger partial charge in [-0.15, -0.1) is 0 Å². The van der Waals surface area contributed by atoms with Crippen LogP contribution in [0.3, 0.4) is 0 Å². The number of benzene rings is 1. The van der Waals surface area contributed by atoms with Gasteiger partial charge in [0, 0.05) is 17.4 Å². The molecule has 0 aliphatic carbocycles. The van der Waals surface area contributed by atoms with Gasteiger partial charge in [0.25, 0.3) is 5.91 Å². The molecule has 1 saturated heterocycles. The summed E-state index contributed by atoms with van der Waals surface area (Å²) >= 11 is 10.2. The number of carbonyl (C=O) groups is 2. The van der Waals surface area contributed by atoms with Gasteiger partial charge in [-0.3, -0.25) is 14.5 Å². The molecule has 1 aromatic carbocycles. The topological polar surface area (TPSA) is 57.6 Å². The van der Waals surface area contributed by atoms with E-state index in [1.165, 1.54) is 11.8 Å². The molecule has 4 nitrogen and oxygen atoms in total. The molecule has 28 heavy (non-hydrogen) atoms. The van der Waals surface area contributed by atoms with Crippen LogP contribution in [0.2, 0.25) is 0 Å². The van der Waals surface area contributed by atoms with Crippen LogP contribution >= 0.6 is 39.9 Å². The number of halogens is 1. The summed E-state index contributed by atoms with van der Waals surface area (Å²) in [5.74, 6) is -0.699. The predicted molar refractivity (Wildman–Crippen MR) is 123 cm³/mol. The van der Waals surface area contributed by atoms with Crippen LogP contribution in [-0.4, -0.2) is 32.7 Å². The number of unbranched alkanes of at least 4 members (excludes halogenated alkanes) is 7. The van der Waals surface area contributed by atoms with Gasteiger partial charge in [-0.2, -0.15) is 0 Å². The first-order valence-corrected chi connectivity index (χ1v) is 11.7. The highest BCUT2D eigenvalue weighted by molar-refractivity contribution is 9.10. The first kappa shape index (κ1) is 23.1. The molecule has 0 aromatic heterocycles. The number of carboxylic acids is 1. The second-order valence-corrected chi connectivity index (χ2v) is 9.45. The molecule has 1 aliphatic heterocycles. The fraction of sp³-hybridized carbons (Fsp3) is 0.476. The molecule has 1 N–H and O–H groups in total. The molecular weight excluding hydrogens is 458 g/mol. The highest BCUT2D eigenvalue weighted by Gasteiger charge is 2.31. The van der Waals surface area contributed by atoms with Crippen molar-refractivity contribution >= 4 is 62.2 Å². The summed E-state index contributed by atoms with van der Waals surface area (Å²) < 4.78 is 1.63. The minimum atomic E-state index is -0.706. The van der Waals surface area contributed by atoms with Gasteiger partial charge in [0.15, 0.2) is 0 Å². The molecule has 0 spiro atoms. The molecule has 7 heteroatoms. The summed E-state index contributed by atoms with van der Waals surface area (Å²) in [6, 6.07) is 7.86. The van der Waals surface area contributed by atoms with E-state index in [-0.39, 0.29) is 12.3 Å². The van der Waals surface area contributed by atoms with E-state index in [1.54, 1.807) is 4.90 Å². The van der Waals surface area contributed by atoms with E-state index in [1.807, 2.05) is 30.3 Å². The molecule has 1 heterocycles. The Morgan fingerprint density at radius 3 is 2.39 bits per heavy atom. The van der Waals surface area contributed by atoms with E-state index in [4.69, 9.17) is 17.3 Å². The number of nitrogens with zero attached hydrogens (tertiary/aromatic N) is 1. The maximum absolute atomic E-state index is 12.6. The minimum absolute atomic E-state index is 0.00778. The number of thiocarbonyl (C=S) groups is 1. The molecule has 1 aliphatic rings. The van der Waals surface area contributed by atoms with E-state index in [9.17, 15) is 9.59 Å². The second kappa shape index (κ2) is 12.4. The van der Waals surface area contributed by atoms with Gasteiger partial charge in [-0.1, -0.05) is 90.6 Å². The van der Waals surface area contributed by atoms with Crippen molar-refractivity contribution in [2.75, 3.05) is 6.54 Å². The molecule has 0 bridgehead atoms. The lowest BCUT2D eigenvalue weighted by Crippen LogP contribution is -2.29. The fourth-order valence-corrected chi connectivity index (χ4v) is 4.77. The normalized spacial score (nSPS) is 15.6. The van der Waals surface area contributed by atoms with E-state index in [0.717, 1.165) is 61.4 Å². The van der Waals surface area contributed by atoms with Crippen LogP contribution in [0.15, 0.2) is 33.6 Å². The van der Waals surface area contributed by atoms with Crippen molar-refractivity contribution in [3.05, 3.63) is 39.2 Å². The highest BCUT2D eigenvalue weighted by Crippen LogP contribution is 2.33. The third kappa shape index (κ3) is 8.05. The van der Waals surface area contributed by atoms with Crippen molar-refractivity contribution in [3.8, 4) is 0 Å². The Bertz CT molecular complexity index is 736. The Labute approximate surface area is 184 Å². The molecule has 0 radical (unpaired) electrons. The zero-order valence-corrected chi connectivity index (χ0v) is 19.1. The minimum Gasteiger partial charge on any atom is -0.481 e. The second-order valence-electron chi connectivity index (χ2n) is 6.86. The third-order valence-electron chi connectivity index (χ3n) is 4.54. The van der Waals surface area contributed by atoms with Crippen molar-refractivity contribution in [2.24, 2.45) is 0 Å². The zero-order chi connectivity index (χ0) is 20.4. The molecular formula is C21H26BrNO3S2. The van der Waals surface area contributed by atoms with Gasteiger partial charge in [0.05, 0.1) is 4.91 Å². The molecule has 0 saturated carbocycles. The SMILES string of the molecule is O=C(O)CCCCCCCCCCN1C(=O)C(=Cc2cccc(Br)c2)SC1=S. The lowest BCUT2D eigenvalue weighted by molar-refractivity contribution is -0.137. The van der Waals surface area contributed by atoms with Crippen LogP contribution in [0.25, 0.3) is 6.08 Å². The fourth-order valence-electron chi connectivity index (χ4n) is 3.05. The van der Waals surface area contributed by atoms with Gasteiger partial charge in [0.1, 0.15) is 4.32 Å². The van der Waals surface area contributed by atoms with Gasteiger partial charge in [-0.05, 0) is 36.6 Å². The van der Waals surface area contributed by atoms with Crippen LogP contribution < -0.4 is 0 Å². The van der Waals surface area contributed by atoms with Crippen LogP contribution in [0.5, 0.6) is 0 Å². The standard InChI is InChI=1S/C21H26BrNO3S2/c22-17-11-9-10-16(14-17)15-18-20(26)23(21(27)28-18)13-8-6-4-2-1-3-5-7-12-19(24)25/h9-11,14-15H,1-8,12-13H2,(H,24,25). The summed E-state index contributed by atoms with van der Waals surface area (Å²) in [4.78, 5) is 25.5. The molecule has 0 atom stereocenters. The Morgan fingerprint density at radius 2 is 1.75 bits per heavy atom. The van der Waals surface area contributed by atoms with Crippen molar-refractivity contribution in [1.29, 1.82) is 0 Å². The number of rotatable bonds is 12. The molecule has 152 valence electrons. The van der Waals surface area contributed by atoms with Crippen LogP contribution in [0, 0.1) is 0 Å². The van der Waals surface area contributed by atoms with Gasteiger partial charge in [-0.25, -0.2) is 0 Å². The lowest BCUT2D eigenvalue weighted by atomic mass is 10.1. The number of carboxylic acid groups (broad SMARTS) is 1. The van der Waals surface area contributed by atoms with Crippen molar-refractivity contribution in [1.82, 2.24) is 4.90 Å². The number of amides is 1. The number of thioether (sulfide) groups is 1. The summed E-state index contributed by atoms with van der Waals surface area (Å²) in [6.07, 6.45) is 10.5. The Hall–Kier alpha value is -1.18. The number of hydrogen-bond donors (Lipinski definition) is 1. The summed E-state index contributed by atoms with van der Waals surface area (Å²) in [7, 11) is 0. The van der Waals surface area contributed by atoms with E-state index in [0.29, 0.717) is 15.8 Å². The first-order chi connectivity index (χ1) is 13.5.